The summed E-state index contributed by atoms with van der Waals surface area (Å²) in [4.78, 5) is 7.07. The lowest BCUT2D eigenvalue weighted by Gasteiger charge is -2.21. The molecule has 0 bridgehead atoms. The number of anilines is 1. The Labute approximate surface area is 154 Å². The van der Waals surface area contributed by atoms with Crippen molar-refractivity contribution in [2.45, 2.75) is 26.1 Å². The first-order valence-corrected chi connectivity index (χ1v) is 9.09. The highest BCUT2D eigenvalue weighted by Gasteiger charge is 2.24. The summed E-state index contributed by atoms with van der Waals surface area (Å²) in [5.74, 6) is 0.876. The summed E-state index contributed by atoms with van der Waals surface area (Å²) < 4.78 is 11.4. The van der Waals surface area contributed by atoms with Gasteiger partial charge in [0.05, 0.1) is 25.3 Å². The van der Waals surface area contributed by atoms with Crippen LogP contribution >= 0.6 is 0 Å². The Balaban J connectivity index is 1.44. The van der Waals surface area contributed by atoms with Crippen molar-refractivity contribution in [2.24, 2.45) is 0 Å². The molecule has 2 heterocycles. The summed E-state index contributed by atoms with van der Waals surface area (Å²) in [5, 5.41) is 1.22. The zero-order valence-electron chi connectivity index (χ0n) is 15.3. The first-order chi connectivity index (χ1) is 12.7. The molecule has 0 spiro atoms. The number of rotatable bonds is 5. The fourth-order valence-corrected chi connectivity index (χ4v) is 3.57. The molecular formula is C22H24N2O2. The van der Waals surface area contributed by atoms with Gasteiger partial charge in [-0.1, -0.05) is 30.3 Å². The van der Waals surface area contributed by atoms with E-state index in [4.69, 9.17) is 9.47 Å². The van der Waals surface area contributed by atoms with Crippen LogP contribution in [0.2, 0.25) is 0 Å². The predicted octanol–water partition coefficient (Wildman–Crippen LogP) is 4.35. The number of hydrogen-bond acceptors (Lipinski definition) is 4. The van der Waals surface area contributed by atoms with Gasteiger partial charge in [0.25, 0.3) is 0 Å². The maximum atomic E-state index is 6.16. The lowest BCUT2D eigenvalue weighted by Crippen LogP contribution is -2.23. The molecular weight excluding hydrogens is 324 g/mol. The van der Waals surface area contributed by atoms with Crippen LogP contribution in [0.5, 0.6) is 5.75 Å². The van der Waals surface area contributed by atoms with Crippen molar-refractivity contribution in [3.05, 3.63) is 65.9 Å². The van der Waals surface area contributed by atoms with E-state index in [-0.39, 0.29) is 6.10 Å². The number of hydrogen-bond donors (Lipinski definition) is 0. The van der Waals surface area contributed by atoms with Gasteiger partial charge in [0, 0.05) is 29.9 Å². The van der Waals surface area contributed by atoms with E-state index in [9.17, 15) is 0 Å². The normalized spacial score (nSPS) is 17.0. The van der Waals surface area contributed by atoms with Crippen molar-refractivity contribution >= 4 is 16.6 Å². The molecule has 4 rings (SSSR count). The highest BCUT2D eigenvalue weighted by atomic mass is 16.5. The fourth-order valence-electron chi connectivity index (χ4n) is 3.57. The van der Waals surface area contributed by atoms with Gasteiger partial charge < -0.3 is 14.4 Å². The van der Waals surface area contributed by atoms with E-state index in [1.54, 1.807) is 7.11 Å². The summed E-state index contributed by atoms with van der Waals surface area (Å²) in [5.41, 5.74) is 4.56. The molecule has 1 aliphatic rings. The summed E-state index contributed by atoms with van der Waals surface area (Å²) in [6.45, 7) is 4.63. The van der Waals surface area contributed by atoms with E-state index in [2.05, 4.69) is 53.2 Å². The van der Waals surface area contributed by atoms with Gasteiger partial charge in [-0.3, -0.25) is 4.98 Å². The Bertz CT molecular complexity index is 892. The lowest BCUT2D eigenvalue weighted by atomic mass is 10.1. The van der Waals surface area contributed by atoms with Gasteiger partial charge in [-0.05, 0) is 43.2 Å². The van der Waals surface area contributed by atoms with Gasteiger partial charge in [-0.15, -0.1) is 0 Å². The molecule has 1 atom stereocenters. The molecule has 1 unspecified atom stereocenters. The molecule has 1 aromatic heterocycles. The summed E-state index contributed by atoms with van der Waals surface area (Å²) >= 11 is 0. The van der Waals surface area contributed by atoms with Gasteiger partial charge >= 0.3 is 0 Å². The third-order valence-corrected chi connectivity index (χ3v) is 4.95. The number of ether oxygens (including phenoxy) is 2. The number of aromatic nitrogens is 1. The molecule has 0 aliphatic carbocycles. The van der Waals surface area contributed by atoms with E-state index in [0.29, 0.717) is 6.61 Å². The molecule has 134 valence electrons. The minimum absolute atomic E-state index is 0.254. The van der Waals surface area contributed by atoms with Crippen molar-refractivity contribution in [1.82, 2.24) is 4.98 Å². The molecule has 1 saturated heterocycles. The SMILES string of the molecule is COc1ccc(COC2CCN(c3cc(C)nc4ccccc34)C2)cc1. The number of fused-ring (bicyclic) bond motifs is 1. The van der Waals surface area contributed by atoms with Gasteiger partial charge in [0.15, 0.2) is 0 Å². The average Bonchev–Trinajstić information content (AvgIpc) is 3.15. The van der Waals surface area contributed by atoms with Gasteiger partial charge in [0.1, 0.15) is 5.75 Å². The first kappa shape index (κ1) is 16.9. The monoisotopic (exact) mass is 348 g/mol. The highest BCUT2D eigenvalue weighted by molar-refractivity contribution is 5.92. The second-order valence-electron chi connectivity index (χ2n) is 6.82. The third kappa shape index (κ3) is 3.51. The Hall–Kier alpha value is -2.59. The third-order valence-electron chi connectivity index (χ3n) is 4.95. The molecule has 4 heteroatoms. The summed E-state index contributed by atoms with van der Waals surface area (Å²) in [7, 11) is 1.68. The quantitative estimate of drug-likeness (QED) is 0.687. The van der Waals surface area contributed by atoms with E-state index >= 15 is 0 Å². The summed E-state index contributed by atoms with van der Waals surface area (Å²) in [6.07, 6.45) is 1.30. The molecule has 2 aromatic carbocycles. The molecule has 0 amide bonds. The summed E-state index contributed by atoms with van der Waals surface area (Å²) in [6, 6.07) is 18.6. The van der Waals surface area contributed by atoms with Crippen LogP contribution in [-0.4, -0.2) is 31.3 Å². The van der Waals surface area contributed by atoms with Gasteiger partial charge in [-0.25, -0.2) is 0 Å². The van der Waals surface area contributed by atoms with Crippen molar-refractivity contribution in [3.8, 4) is 5.75 Å². The Morgan fingerprint density at radius 3 is 2.73 bits per heavy atom. The molecule has 1 fully saturated rings. The van der Waals surface area contributed by atoms with Crippen LogP contribution in [0.4, 0.5) is 5.69 Å². The molecule has 4 nitrogen and oxygen atoms in total. The topological polar surface area (TPSA) is 34.6 Å². The molecule has 1 aliphatic heterocycles. The maximum Gasteiger partial charge on any atom is 0.118 e. The van der Waals surface area contributed by atoms with E-state index < -0.39 is 0 Å². The minimum atomic E-state index is 0.254. The van der Waals surface area contributed by atoms with E-state index in [1.807, 2.05) is 18.2 Å². The predicted molar refractivity (Wildman–Crippen MR) is 105 cm³/mol. The molecule has 26 heavy (non-hydrogen) atoms. The van der Waals surface area contributed by atoms with Crippen LogP contribution in [0, 0.1) is 6.92 Å². The fraction of sp³-hybridized carbons (Fsp3) is 0.318. The molecule has 0 N–H and O–H groups in total. The average molecular weight is 348 g/mol. The Morgan fingerprint density at radius 2 is 1.92 bits per heavy atom. The van der Waals surface area contributed by atoms with Crippen LogP contribution < -0.4 is 9.64 Å². The number of para-hydroxylation sites is 1. The first-order valence-electron chi connectivity index (χ1n) is 9.09. The number of nitrogens with zero attached hydrogens (tertiary/aromatic N) is 2. The van der Waals surface area contributed by atoms with Crippen LogP contribution in [0.3, 0.4) is 0 Å². The largest absolute Gasteiger partial charge is 0.497 e. The van der Waals surface area contributed by atoms with Gasteiger partial charge in [0.2, 0.25) is 0 Å². The highest BCUT2D eigenvalue weighted by Crippen LogP contribution is 2.30. The van der Waals surface area contributed by atoms with Crippen LogP contribution in [0.1, 0.15) is 17.7 Å². The molecule has 0 saturated carbocycles. The lowest BCUT2D eigenvalue weighted by molar-refractivity contribution is 0.0553. The van der Waals surface area contributed by atoms with Crippen molar-refractivity contribution < 1.29 is 9.47 Å². The molecule has 0 radical (unpaired) electrons. The zero-order valence-corrected chi connectivity index (χ0v) is 15.3. The second kappa shape index (κ2) is 7.34. The van der Waals surface area contributed by atoms with Gasteiger partial charge in [-0.2, -0.15) is 0 Å². The van der Waals surface area contributed by atoms with E-state index in [0.717, 1.165) is 36.5 Å². The number of benzene rings is 2. The smallest absolute Gasteiger partial charge is 0.118 e. The second-order valence-corrected chi connectivity index (χ2v) is 6.82. The number of aryl methyl sites for hydroxylation is 1. The Kier molecular flexibility index (Phi) is 4.76. The maximum absolute atomic E-state index is 6.16. The van der Waals surface area contributed by atoms with Crippen molar-refractivity contribution in [3.63, 3.8) is 0 Å². The molecule has 3 aromatic rings. The van der Waals surface area contributed by atoms with Crippen molar-refractivity contribution in [2.75, 3.05) is 25.1 Å². The zero-order chi connectivity index (χ0) is 17.9. The van der Waals surface area contributed by atoms with E-state index in [1.165, 1.54) is 16.6 Å². The Morgan fingerprint density at radius 1 is 1.12 bits per heavy atom. The van der Waals surface area contributed by atoms with Crippen LogP contribution in [0.25, 0.3) is 10.9 Å². The van der Waals surface area contributed by atoms with Crippen LogP contribution in [-0.2, 0) is 11.3 Å². The van der Waals surface area contributed by atoms with Crippen molar-refractivity contribution in [1.29, 1.82) is 0 Å². The van der Waals surface area contributed by atoms with Crippen LogP contribution in [0.15, 0.2) is 54.6 Å². The number of pyridine rings is 1. The standard InChI is InChI=1S/C22H24N2O2/c1-16-13-22(20-5-3-4-6-21(20)23-16)24-12-11-19(14-24)26-15-17-7-9-18(25-2)10-8-17/h3-10,13,19H,11-12,14-15H2,1-2H3. The number of methoxy groups -OCH3 is 1. The minimum Gasteiger partial charge on any atom is -0.497 e.